The van der Waals surface area contributed by atoms with Crippen LogP contribution >= 0.6 is 11.6 Å². The molecule has 9 nitrogen and oxygen atoms in total. The fourth-order valence-electron chi connectivity index (χ4n) is 2.59. The number of rotatable bonds is 5. The van der Waals surface area contributed by atoms with Gasteiger partial charge in [-0.15, -0.1) is 5.10 Å². The van der Waals surface area contributed by atoms with Crippen molar-refractivity contribution in [3.63, 3.8) is 0 Å². The first-order valence-electron chi connectivity index (χ1n) is 8.11. The number of aryl methyl sites for hydroxylation is 1. The average molecular weight is 390 g/mol. The Bertz CT molecular complexity index is 1100. The molecule has 0 aliphatic heterocycles. The number of hydrogen-bond donors (Lipinski definition) is 0. The first-order valence-corrected chi connectivity index (χ1v) is 8.49. The third kappa shape index (κ3) is 3.33. The Labute approximate surface area is 158 Å². The maximum absolute atomic E-state index is 12.8. The van der Waals surface area contributed by atoms with Crippen LogP contribution in [0.15, 0.2) is 29.3 Å². The highest BCUT2D eigenvalue weighted by atomic mass is 35.5. The van der Waals surface area contributed by atoms with Gasteiger partial charge < -0.3 is 4.74 Å². The highest BCUT2D eigenvalue weighted by Gasteiger charge is 2.29. The standard InChI is InChI=1S/C17H16ClN5O4/c1-4-27-17(26)14(10(3)24)22-8-19-15-13(16(22)25)20-21-23(15)11-6-5-9(2)12(18)7-11/h5-8,14H,4H2,1-3H3/t14-/m1/s1. The molecule has 2 aromatic heterocycles. The number of carbonyl (C=O) groups excluding carboxylic acids is 2. The van der Waals surface area contributed by atoms with Gasteiger partial charge in [0.15, 0.2) is 23.0 Å². The summed E-state index contributed by atoms with van der Waals surface area (Å²) in [5, 5.41) is 8.35. The van der Waals surface area contributed by atoms with Crippen molar-refractivity contribution in [3.8, 4) is 5.69 Å². The van der Waals surface area contributed by atoms with E-state index >= 15 is 0 Å². The van der Waals surface area contributed by atoms with Crippen molar-refractivity contribution in [1.29, 1.82) is 0 Å². The van der Waals surface area contributed by atoms with Crippen LogP contribution in [-0.2, 0) is 14.3 Å². The molecule has 0 spiro atoms. The zero-order chi connectivity index (χ0) is 19.7. The van der Waals surface area contributed by atoms with E-state index in [1.54, 1.807) is 25.1 Å². The first-order chi connectivity index (χ1) is 12.8. The van der Waals surface area contributed by atoms with Crippen LogP contribution in [0.2, 0.25) is 5.02 Å². The van der Waals surface area contributed by atoms with E-state index in [1.165, 1.54) is 11.6 Å². The Morgan fingerprint density at radius 2 is 2.07 bits per heavy atom. The van der Waals surface area contributed by atoms with Crippen LogP contribution in [0.3, 0.4) is 0 Å². The van der Waals surface area contributed by atoms with E-state index in [2.05, 4.69) is 15.3 Å². The van der Waals surface area contributed by atoms with Crippen LogP contribution in [0, 0.1) is 6.92 Å². The SMILES string of the molecule is CCOC(=O)[C@@H](C(C)=O)n1cnc2c(nnn2-c2ccc(C)c(Cl)c2)c1=O. The van der Waals surface area contributed by atoms with Gasteiger partial charge in [0.25, 0.3) is 5.56 Å². The number of aromatic nitrogens is 5. The summed E-state index contributed by atoms with van der Waals surface area (Å²) in [5.41, 5.74) is 0.898. The van der Waals surface area contributed by atoms with Crippen molar-refractivity contribution in [3.05, 3.63) is 45.5 Å². The molecule has 0 N–H and O–H groups in total. The van der Waals surface area contributed by atoms with Gasteiger partial charge in [0.2, 0.25) is 0 Å². The van der Waals surface area contributed by atoms with E-state index in [0.29, 0.717) is 10.7 Å². The molecule has 0 saturated carbocycles. The molecule has 0 bridgehead atoms. The third-order valence-corrected chi connectivity index (χ3v) is 4.37. The van der Waals surface area contributed by atoms with Gasteiger partial charge in [0.05, 0.1) is 12.3 Å². The number of carbonyl (C=O) groups is 2. The molecule has 10 heteroatoms. The average Bonchev–Trinajstić information content (AvgIpc) is 3.04. The first kappa shape index (κ1) is 18.7. The Kier molecular flexibility index (Phi) is 5.04. The lowest BCUT2D eigenvalue weighted by Gasteiger charge is -2.14. The number of ether oxygens (including phenoxy) is 1. The molecule has 2 heterocycles. The summed E-state index contributed by atoms with van der Waals surface area (Å²) in [6.07, 6.45) is 1.11. The molecule has 27 heavy (non-hydrogen) atoms. The van der Waals surface area contributed by atoms with Crippen LogP contribution in [0.1, 0.15) is 25.5 Å². The number of esters is 1. The molecule has 3 aromatic rings. The van der Waals surface area contributed by atoms with E-state index in [0.717, 1.165) is 16.5 Å². The summed E-state index contributed by atoms with van der Waals surface area (Å²) < 4.78 is 7.15. The molecule has 140 valence electrons. The summed E-state index contributed by atoms with van der Waals surface area (Å²) >= 11 is 6.14. The lowest BCUT2D eigenvalue weighted by molar-refractivity contribution is -0.150. The van der Waals surface area contributed by atoms with Crippen LogP contribution in [0.5, 0.6) is 0 Å². The van der Waals surface area contributed by atoms with Crippen LogP contribution < -0.4 is 5.56 Å². The van der Waals surface area contributed by atoms with E-state index in [9.17, 15) is 14.4 Å². The predicted octanol–water partition coefficient (Wildman–Crippen LogP) is 1.63. The van der Waals surface area contributed by atoms with Gasteiger partial charge in [0.1, 0.15) is 6.33 Å². The van der Waals surface area contributed by atoms with Crippen molar-refractivity contribution in [2.75, 3.05) is 6.61 Å². The summed E-state index contributed by atoms with van der Waals surface area (Å²) in [6, 6.07) is 3.82. The summed E-state index contributed by atoms with van der Waals surface area (Å²) in [5.74, 6) is -1.37. The largest absolute Gasteiger partial charge is 0.464 e. The van der Waals surface area contributed by atoms with Crippen molar-refractivity contribution < 1.29 is 14.3 Å². The topological polar surface area (TPSA) is 109 Å². The second-order valence-electron chi connectivity index (χ2n) is 5.83. The van der Waals surface area contributed by atoms with E-state index < -0.39 is 23.4 Å². The lowest BCUT2D eigenvalue weighted by atomic mass is 10.2. The quantitative estimate of drug-likeness (QED) is 0.482. The van der Waals surface area contributed by atoms with E-state index in [-0.39, 0.29) is 17.8 Å². The molecule has 0 fully saturated rings. The Morgan fingerprint density at radius 1 is 1.33 bits per heavy atom. The molecule has 0 aliphatic carbocycles. The number of hydrogen-bond acceptors (Lipinski definition) is 7. The predicted molar refractivity (Wildman–Crippen MR) is 97.0 cm³/mol. The summed E-state index contributed by atoms with van der Waals surface area (Å²) in [4.78, 5) is 40.9. The number of halogens is 1. The van der Waals surface area contributed by atoms with Crippen LogP contribution in [-0.4, -0.2) is 42.9 Å². The molecule has 0 saturated heterocycles. The Morgan fingerprint density at radius 3 is 2.70 bits per heavy atom. The van der Waals surface area contributed by atoms with Gasteiger partial charge in [-0.3, -0.25) is 14.2 Å². The second kappa shape index (κ2) is 7.28. The maximum Gasteiger partial charge on any atom is 0.337 e. The Hall–Kier alpha value is -3.07. The molecule has 3 rings (SSSR count). The van der Waals surface area contributed by atoms with Crippen LogP contribution in [0.25, 0.3) is 16.9 Å². The summed E-state index contributed by atoms with van der Waals surface area (Å²) in [7, 11) is 0. The highest BCUT2D eigenvalue weighted by Crippen LogP contribution is 2.20. The molecule has 0 unspecified atom stereocenters. The molecule has 1 atom stereocenters. The third-order valence-electron chi connectivity index (χ3n) is 3.96. The zero-order valence-corrected chi connectivity index (χ0v) is 15.6. The van der Waals surface area contributed by atoms with E-state index in [1.807, 2.05) is 6.92 Å². The number of Topliss-reactive ketones (excluding diaryl/α,β-unsaturated/α-hetero) is 1. The highest BCUT2D eigenvalue weighted by molar-refractivity contribution is 6.31. The van der Waals surface area contributed by atoms with Crippen molar-refractivity contribution >= 4 is 34.5 Å². The monoisotopic (exact) mass is 389 g/mol. The van der Waals surface area contributed by atoms with Gasteiger partial charge in [-0.1, -0.05) is 22.9 Å². The van der Waals surface area contributed by atoms with Gasteiger partial charge in [-0.2, -0.15) is 4.68 Å². The number of ketones is 1. The zero-order valence-electron chi connectivity index (χ0n) is 14.8. The number of nitrogens with zero attached hydrogens (tertiary/aromatic N) is 5. The molecule has 0 aliphatic rings. The molecule has 1 aromatic carbocycles. The smallest absolute Gasteiger partial charge is 0.337 e. The minimum absolute atomic E-state index is 0.0789. The van der Waals surface area contributed by atoms with Gasteiger partial charge >= 0.3 is 5.97 Å². The number of benzene rings is 1. The minimum atomic E-state index is -1.42. The normalized spacial score (nSPS) is 12.1. The lowest BCUT2D eigenvalue weighted by Crippen LogP contribution is -2.35. The minimum Gasteiger partial charge on any atom is -0.464 e. The van der Waals surface area contributed by atoms with Gasteiger partial charge in [0, 0.05) is 5.02 Å². The summed E-state index contributed by atoms with van der Waals surface area (Å²) in [6.45, 7) is 4.75. The van der Waals surface area contributed by atoms with Gasteiger partial charge in [-0.25, -0.2) is 9.78 Å². The Balaban J connectivity index is 2.14. The maximum atomic E-state index is 12.8. The fraction of sp³-hybridized carbons (Fsp3) is 0.294. The van der Waals surface area contributed by atoms with Crippen LogP contribution in [0.4, 0.5) is 0 Å². The molecule has 0 radical (unpaired) electrons. The molecular weight excluding hydrogens is 374 g/mol. The van der Waals surface area contributed by atoms with Crippen molar-refractivity contribution in [1.82, 2.24) is 24.5 Å². The number of fused-ring (bicyclic) bond motifs is 1. The molecular formula is C17H16ClN5O4. The van der Waals surface area contributed by atoms with E-state index in [4.69, 9.17) is 16.3 Å². The molecule has 0 amide bonds. The fourth-order valence-corrected chi connectivity index (χ4v) is 2.77. The van der Waals surface area contributed by atoms with Crippen molar-refractivity contribution in [2.24, 2.45) is 0 Å². The second-order valence-corrected chi connectivity index (χ2v) is 6.24. The van der Waals surface area contributed by atoms with Crippen molar-refractivity contribution in [2.45, 2.75) is 26.8 Å². The van der Waals surface area contributed by atoms with Gasteiger partial charge in [-0.05, 0) is 38.5 Å².